The molecule has 0 unspecified atom stereocenters. The number of thioether (sulfide) groups is 1. The van der Waals surface area contributed by atoms with Crippen LogP contribution in [0.25, 0.3) is 0 Å². The first-order valence-electron chi connectivity index (χ1n) is 7.70. The van der Waals surface area contributed by atoms with Gasteiger partial charge in [0.2, 0.25) is 5.91 Å². The number of nitrogens with zero attached hydrogens (tertiary/aromatic N) is 2. The van der Waals surface area contributed by atoms with Gasteiger partial charge >= 0.3 is 0 Å². The Labute approximate surface area is 135 Å². The molecular formula is C16H22N2O3S. The number of hydrogen-bond acceptors (Lipinski definition) is 5. The number of morpholine rings is 1. The van der Waals surface area contributed by atoms with Crippen LogP contribution in [0.5, 0.6) is 0 Å². The molecule has 6 heteroatoms. The molecule has 0 aliphatic carbocycles. The zero-order valence-electron chi connectivity index (χ0n) is 13.0. The van der Waals surface area contributed by atoms with Gasteiger partial charge in [0.25, 0.3) is 0 Å². The SMILES string of the molecule is C[C@@H]1CN(C(=O)[C@@H](C)Sc2ccccn2)C[C@]2(CCOC2)O1. The van der Waals surface area contributed by atoms with Crippen molar-refractivity contribution in [2.24, 2.45) is 0 Å². The standard InChI is InChI=1S/C16H22N2O3S/c1-12-9-18(10-16(21-12)6-8-20-11-16)15(19)13(2)22-14-5-3-4-7-17-14/h3-5,7,12-13H,6,8-11H2,1-2H3/t12-,13-,16+/m1/s1. The predicted octanol–water partition coefficient (Wildman–Crippen LogP) is 1.97. The van der Waals surface area contributed by atoms with E-state index in [0.29, 0.717) is 26.3 Å². The van der Waals surface area contributed by atoms with Crippen LogP contribution in [0.1, 0.15) is 20.3 Å². The predicted molar refractivity (Wildman–Crippen MR) is 84.9 cm³/mol. The Hall–Kier alpha value is -1.11. The van der Waals surface area contributed by atoms with Gasteiger partial charge in [-0.05, 0) is 26.0 Å². The number of ether oxygens (including phenoxy) is 2. The smallest absolute Gasteiger partial charge is 0.236 e. The first kappa shape index (κ1) is 15.8. The van der Waals surface area contributed by atoms with Crippen LogP contribution in [0.3, 0.4) is 0 Å². The minimum absolute atomic E-state index is 0.0476. The van der Waals surface area contributed by atoms with Crippen LogP contribution in [0.15, 0.2) is 29.4 Å². The second-order valence-electron chi connectivity index (χ2n) is 6.06. The fourth-order valence-electron chi connectivity index (χ4n) is 3.10. The van der Waals surface area contributed by atoms with Crippen molar-refractivity contribution in [3.63, 3.8) is 0 Å². The summed E-state index contributed by atoms with van der Waals surface area (Å²) in [5, 5.41) is 0.725. The monoisotopic (exact) mass is 322 g/mol. The fraction of sp³-hybridized carbons (Fsp3) is 0.625. The lowest BCUT2D eigenvalue weighted by molar-refractivity contribution is -0.165. The topological polar surface area (TPSA) is 51.7 Å². The zero-order chi connectivity index (χ0) is 15.6. The number of carbonyl (C=O) groups excluding carboxylic acids is 1. The van der Waals surface area contributed by atoms with E-state index in [1.807, 2.05) is 36.9 Å². The molecule has 120 valence electrons. The Morgan fingerprint density at radius 2 is 2.41 bits per heavy atom. The molecule has 5 nitrogen and oxygen atoms in total. The highest BCUT2D eigenvalue weighted by Crippen LogP contribution is 2.31. The van der Waals surface area contributed by atoms with Gasteiger partial charge in [-0.1, -0.05) is 17.8 Å². The van der Waals surface area contributed by atoms with Crippen LogP contribution in [0, 0.1) is 0 Å². The molecule has 2 saturated heterocycles. The maximum absolute atomic E-state index is 12.8. The first-order chi connectivity index (χ1) is 10.6. The summed E-state index contributed by atoms with van der Waals surface area (Å²) in [5.74, 6) is 0.150. The molecule has 0 aromatic carbocycles. The first-order valence-corrected chi connectivity index (χ1v) is 8.58. The summed E-state index contributed by atoms with van der Waals surface area (Å²) in [5.41, 5.74) is -0.303. The fourth-order valence-corrected chi connectivity index (χ4v) is 3.99. The molecule has 2 fully saturated rings. The zero-order valence-corrected chi connectivity index (χ0v) is 13.8. The van der Waals surface area contributed by atoms with Gasteiger partial charge in [-0.25, -0.2) is 4.98 Å². The molecule has 22 heavy (non-hydrogen) atoms. The number of hydrogen-bond donors (Lipinski definition) is 0. The van der Waals surface area contributed by atoms with Crippen LogP contribution < -0.4 is 0 Å². The Kier molecular flexibility index (Phi) is 4.70. The number of amides is 1. The maximum atomic E-state index is 12.8. The number of aromatic nitrogens is 1. The van der Waals surface area contributed by atoms with Gasteiger partial charge in [0, 0.05) is 25.8 Å². The van der Waals surface area contributed by atoms with Gasteiger partial charge < -0.3 is 14.4 Å². The number of carbonyl (C=O) groups is 1. The van der Waals surface area contributed by atoms with Crippen molar-refractivity contribution in [3.05, 3.63) is 24.4 Å². The Bertz CT molecular complexity index is 519. The third-order valence-electron chi connectivity index (χ3n) is 4.07. The van der Waals surface area contributed by atoms with E-state index >= 15 is 0 Å². The minimum Gasteiger partial charge on any atom is -0.378 e. The van der Waals surface area contributed by atoms with E-state index < -0.39 is 0 Å². The molecule has 1 aromatic heterocycles. The van der Waals surface area contributed by atoms with Crippen molar-refractivity contribution in [3.8, 4) is 0 Å². The summed E-state index contributed by atoms with van der Waals surface area (Å²) in [4.78, 5) is 19.0. The molecule has 1 amide bonds. The Morgan fingerprint density at radius 3 is 3.09 bits per heavy atom. The molecule has 1 aromatic rings. The third-order valence-corrected chi connectivity index (χ3v) is 5.11. The van der Waals surface area contributed by atoms with Crippen molar-refractivity contribution in [2.45, 2.75) is 42.2 Å². The van der Waals surface area contributed by atoms with Gasteiger partial charge in [-0.3, -0.25) is 4.79 Å². The molecule has 0 radical (unpaired) electrons. The Morgan fingerprint density at radius 1 is 1.55 bits per heavy atom. The van der Waals surface area contributed by atoms with Gasteiger partial charge in [0.1, 0.15) is 5.60 Å². The quantitative estimate of drug-likeness (QED) is 0.796. The van der Waals surface area contributed by atoms with E-state index in [9.17, 15) is 4.79 Å². The van der Waals surface area contributed by atoms with Crippen LogP contribution in [0.2, 0.25) is 0 Å². The van der Waals surface area contributed by atoms with Crippen LogP contribution in [-0.4, -0.2) is 59.0 Å². The minimum atomic E-state index is -0.303. The lowest BCUT2D eigenvalue weighted by Gasteiger charge is -2.43. The highest BCUT2D eigenvalue weighted by molar-refractivity contribution is 8.00. The molecule has 3 atom stereocenters. The number of pyridine rings is 1. The van der Waals surface area contributed by atoms with Crippen molar-refractivity contribution in [1.29, 1.82) is 0 Å². The largest absolute Gasteiger partial charge is 0.378 e. The van der Waals surface area contributed by atoms with Crippen molar-refractivity contribution in [1.82, 2.24) is 9.88 Å². The summed E-state index contributed by atoms with van der Waals surface area (Å²) in [6.45, 7) is 6.54. The second-order valence-corrected chi connectivity index (χ2v) is 7.42. The van der Waals surface area contributed by atoms with Crippen LogP contribution in [0.4, 0.5) is 0 Å². The van der Waals surface area contributed by atoms with Gasteiger partial charge in [-0.2, -0.15) is 0 Å². The summed E-state index contributed by atoms with van der Waals surface area (Å²) >= 11 is 1.50. The molecule has 0 N–H and O–H groups in total. The normalized spacial score (nSPS) is 29.7. The molecular weight excluding hydrogens is 300 g/mol. The van der Waals surface area contributed by atoms with Crippen LogP contribution in [-0.2, 0) is 14.3 Å². The maximum Gasteiger partial charge on any atom is 0.236 e. The Balaban J connectivity index is 1.65. The summed E-state index contributed by atoms with van der Waals surface area (Å²) in [6, 6.07) is 5.75. The van der Waals surface area contributed by atoms with E-state index in [4.69, 9.17) is 9.47 Å². The molecule has 1 spiro atoms. The molecule has 0 bridgehead atoms. The summed E-state index contributed by atoms with van der Waals surface area (Å²) in [7, 11) is 0. The van der Waals surface area contributed by atoms with E-state index in [-0.39, 0.29) is 22.9 Å². The number of rotatable bonds is 3. The van der Waals surface area contributed by atoms with E-state index in [1.165, 1.54) is 11.8 Å². The van der Waals surface area contributed by atoms with E-state index in [0.717, 1.165) is 11.4 Å². The average molecular weight is 322 g/mol. The summed E-state index contributed by atoms with van der Waals surface area (Å²) < 4.78 is 11.6. The van der Waals surface area contributed by atoms with Gasteiger partial charge in [-0.15, -0.1) is 0 Å². The van der Waals surface area contributed by atoms with Gasteiger partial charge in [0.05, 0.1) is 29.5 Å². The van der Waals surface area contributed by atoms with Gasteiger partial charge in [0.15, 0.2) is 0 Å². The van der Waals surface area contributed by atoms with Crippen molar-refractivity contribution < 1.29 is 14.3 Å². The summed E-state index contributed by atoms with van der Waals surface area (Å²) in [6.07, 6.45) is 2.66. The highest BCUT2D eigenvalue weighted by Gasteiger charge is 2.44. The lowest BCUT2D eigenvalue weighted by atomic mass is 9.99. The van der Waals surface area contributed by atoms with Crippen LogP contribution >= 0.6 is 11.8 Å². The molecule has 2 aliphatic heterocycles. The molecule has 3 rings (SSSR count). The third kappa shape index (κ3) is 3.45. The molecule has 2 aliphatic rings. The second kappa shape index (κ2) is 6.56. The molecule has 3 heterocycles. The van der Waals surface area contributed by atoms with Crippen molar-refractivity contribution in [2.75, 3.05) is 26.3 Å². The lowest BCUT2D eigenvalue weighted by Crippen LogP contribution is -2.58. The van der Waals surface area contributed by atoms with E-state index in [2.05, 4.69) is 4.98 Å². The molecule has 0 saturated carbocycles. The van der Waals surface area contributed by atoms with E-state index in [1.54, 1.807) is 6.20 Å². The highest BCUT2D eigenvalue weighted by atomic mass is 32.2. The van der Waals surface area contributed by atoms with Crippen molar-refractivity contribution >= 4 is 17.7 Å². The average Bonchev–Trinajstić information content (AvgIpc) is 2.94.